The number of pyridine rings is 1. The summed E-state index contributed by atoms with van der Waals surface area (Å²) in [6, 6.07) is 31.9. The van der Waals surface area contributed by atoms with Gasteiger partial charge in [0, 0.05) is 39.6 Å². The van der Waals surface area contributed by atoms with E-state index in [2.05, 4.69) is 107 Å². The Morgan fingerprint density at radius 3 is 2.56 bits per heavy atom. The molecule has 3 aromatic carbocycles. The minimum Gasteiger partial charge on any atom is -0.318 e. The molecular weight excluding hydrogens is 526 g/mol. The highest BCUT2D eigenvalue weighted by Crippen LogP contribution is 2.51. The van der Waals surface area contributed by atoms with Gasteiger partial charge in [0.25, 0.3) is 0 Å². The van der Waals surface area contributed by atoms with Crippen LogP contribution in [0.25, 0.3) is 33.8 Å². The SMILES string of the molecule is CC12C=CC=CC1N(c1cc(-c3ccc(C#N)cc3)cc(-n3c4c(c5ccccc53)CC(C#N)C=C4)c1)c1ncccc12. The first kappa shape index (κ1) is 25.1. The summed E-state index contributed by atoms with van der Waals surface area (Å²) < 4.78 is 2.33. The molecule has 5 aromatic rings. The summed E-state index contributed by atoms with van der Waals surface area (Å²) in [5, 5.41) is 20.3. The zero-order chi connectivity index (χ0) is 29.1. The first-order valence-corrected chi connectivity index (χ1v) is 14.6. The molecule has 3 atom stereocenters. The Balaban J connectivity index is 1.40. The monoisotopic (exact) mass is 553 g/mol. The lowest BCUT2D eigenvalue weighted by atomic mass is 9.76. The van der Waals surface area contributed by atoms with Gasteiger partial charge in [0.05, 0.1) is 35.2 Å². The summed E-state index contributed by atoms with van der Waals surface area (Å²) in [4.78, 5) is 7.28. The van der Waals surface area contributed by atoms with E-state index in [1.54, 1.807) is 0 Å². The number of aromatic nitrogens is 2. The molecule has 43 heavy (non-hydrogen) atoms. The van der Waals surface area contributed by atoms with Crippen LogP contribution in [-0.2, 0) is 11.8 Å². The number of rotatable bonds is 3. The first-order valence-electron chi connectivity index (χ1n) is 14.6. The van der Waals surface area contributed by atoms with Gasteiger partial charge in [-0.15, -0.1) is 0 Å². The van der Waals surface area contributed by atoms with E-state index in [4.69, 9.17) is 4.98 Å². The van der Waals surface area contributed by atoms with Crippen LogP contribution in [-0.4, -0.2) is 15.6 Å². The van der Waals surface area contributed by atoms with E-state index in [1.807, 2.05) is 42.6 Å². The van der Waals surface area contributed by atoms with Crippen molar-refractivity contribution >= 4 is 28.5 Å². The second-order valence-electron chi connectivity index (χ2n) is 11.7. The van der Waals surface area contributed by atoms with Crippen molar-refractivity contribution in [2.45, 2.75) is 24.8 Å². The molecule has 0 spiro atoms. The van der Waals surface area contributed by atoms with Crippen molar-refractivity contribution in [3.63, 3.8) is 0 Å². The molecule has 0 fully saturated rings. The number of anilines is 2. The van der Waals surface area contributed by atoms with Crippen molar-refractivity contribution in [2.24, 2.45) is 5.92 Å². The van der Waals surface area contributed by atoms with Gasteiger partial charge >= 0.3 is 0 Å². The van der Waals surface area contributed by atoms with Crippen LogP contribution in [0.2, 0.25) is 0 Å². The summed E-state index contributed by atoms with van der Waals surface area (Å²) in [5.41, 5.74) is 9.24. The van der Waals surface area contributed by atoms with Crippen LogP contribution in [0.3, 0.4) is 0 Å². The topological polar surface area (TPSA) is 68.6 Å². The number of allylic oxidation sites excluding steroid dienone is 3. The third kappa shape index (κ3) is 3.72. The number of nitriles is 2. The Kier molecular flexibility index (Phi) is 5.51. The van der Waals surface area contributed by atoms with Crippen LogP contribution in [0.1, 0.15) is 29.3 Å². The zero-order valence-corrected chi connectivity index (χ0v) is 23.6. The molecule has 3 aliphatic rings. The molecular formula is C38H27N5. The van der Waals surface area contributed by atoms with Gasteiger partial charge in [-0.25, -0.2) is 4.98 Å². The third-order valence-corrected chi connectivity index (χ3v) is 9.22. The van der Waals surface area contributed by atoms with E-state index in [0.29, 0.717) is 12.0 Å². The maximum absolute atomic E-state index is 9.72. The van der Waals surface area contributed by atoms with Crippen molar-refractivity contribution < 1.29 is 0 Å². The highest BCUT2D eigenvalue weighted by molar-refractivity contribution is 5.92. The highest BCUT2D eigenvalue weighted by atomic mass is 15.3. The summed E-state index contributed by atoms with van der Waals surface area (Å²) in [7, 11) is 0. The molecule has 2 aliphatic carbocycles. The van der Waals surface area contributed by atoms with E-state index in [1.165, 1.54) is 16.5 Å². The molecule has 2 aromatic heterocycles. The van der Waals surface area contributed by atoms with Crippen LogP contribution in [0, 0.1) is 28.6 Å². The Labute approximate surface area is 250 Å². The summed E-state index contributed by atoms with van der Waals surface area (Å²) in [5.74, 6) is 0.827. The Morgan fingerprint density at radius 1 is 0.884 bits per heavy atom. The van der Waals surface area contributed by atoms with Crippen molar-refractivity contribution in [2.75, 3.05) is 4.90 Å². The molecule has 0 saturated carbocycles. The summed E-state index contributed by atoms with van der Waals surface area (Å²) >= 11 is 0. The van der Waals surface area contributed by atoms with Crippen LogP contribution >= 0.6 is 0 Å². The van der Waals surface area contributed by atoms with Gasteiger partial charge in [-0.3, -0.25) is 0 Å². The van der Waals surface area contributed by atoms with Gasteiger partial charge in [-0.1, -0.05) is 66.8 Å². The molecule has 0 saturated heterocycles. The Bertz CT molecular complexity index is 2110. The molecule has 5 heteroatoms. The molecule has 0 N–H and O–H groups in total. The maximum atomic E-state index is 9.72. The predicted octanol–water partition coefficient (Wildman–Crippen LogP) is 8.18. The average molecular weight is 554 g/mol. The molecule has 5 nitrogen and oxygen atoms in total. The largest absolute Gasteiger partial charge is 0.318 e. The number of nitrogens with zero attached hydrogens (tertiary/aromatic N) is 5. The minimum absolute atomic E-state index is 0.0677. The van der Waals surface area contributed by atoms with Crippen molar-refractivity contribution in [1.82, 2.24) is 9.55 Å². The maximum Gasteiger partial charge on any atom is 0.137 e. The fourth-order valence-corrected chi connectivity index (χ4v) is 7.10. The van der Waals surface area contributed by atoms with E-state index in [-0.39, 0.29) is 17.4 Å². The zero-order valence-electron chi connectivity index (χ0n) is 23.6. The molecule has 0 radical (unpaired) electrons. The van der Waals surface area contributed by atoms with Crippen LogP contribution in [0.4, 0.5) is 11.5 Å². The standard InChI is InChI=1S/C38H27N5/c1-38-17-5-4-10-36(38)43(37-33(38)8-6-18-41-37)30-21-28(27-14-11-25(23-39)12-15-27)20-29(22-30)42-34-9-3-2-7-31(34)32-19-26(24-40)13-16-35(32)42/h2-18,20-22,26,36H,19H2,1H3. The molecule has 0 bridgehead atoms. The summed E-state index contributed by atoms with van der Waals surface area (Å²) in [6.45, 7) is 2.29. The highest BCUT2D eigenvalue weighted by Gasteiger charge is 2.47. The van der Waals surface area contributed by atoms with Gasteiger partial charge < -0.3 is 9.47 Å². The Morgan fingerprint density at radius 2 is 1.72 bits per heavy atom. The molecule has 204 valence electrons. The number of para-hydroxylation sites is 1. The summed E-state index contributed by atoms with van der Waals surface area (Å²) in [6.07, 6.45) is 15.5. The normalized spacial score (nSPS) is 21.2. The van der Waals surface area contributed by atoms with Gasteiger partial charge in [-0.2, -0.15) is 10.5 Å². The smallest absolute Gasteiger partial charge is 0.137 e. The second-order valence-corrected chi connectivity index (χ2v) is 11.7. The van der Waals surface area contributed by atoms with Crippen LogP contribution < -0.4 is 4.90 Å². The molecule has 0 amide bonds. The number of benzene rings is 3. The minimum atomic E-state index is -0.211. The number of hydrogen-bond acceptors (Lipinski definition) is 4. The van der Waals surface area contributed by atoms with E-state index in [9.17, 15) is 10.5 Å². The molecule has 1 aliphatic heterocycles. The Hall–Kier alpha value is -5.65. The van der Waals surface area contributed by atoms with E-state index < -0.39 is 0 Å². The van der Waals surface area contributed by atoms with Crippen molar-refractivity contribution in [3.05, 3.63) is 138 Å². The van der Waals surface area contributed by atoms with E-state index >= 15 is 0 Å². The van der Waals surface area contributed by atoms with Crippen molar-refractivity contribution in [3.8, 4) is 29.0 Å². The molecule has 8 rings (SSSR count). The first-order chi connectivity index (χ1) is 21.1. The lowest BCUT2D eigenvalue weighted by Gasteiger charge is -2.34. The average Bonchev–Trinajstić information content (AvgIpc) is 3.53. The predicted molar refractivity (Wildman–Crippen MR) is 171 cm³/mol. The lowest BCUT2D eigenvalue weighted by molar-refractivity contribution is 0.550. The quantitative estimate of drug-likeness (QED) is 0.226. The fourth-order valence-electron chi connectivity index (χ4n) is 7.10. The molecule has 3 heterocycles. The van der Waals surface area contributed by atoms with Gasteiger partial charge in [0.2, 0.25) is 0 Å². The third-order valence-electron chi connectivity index (χ3n) is 9.22. The van der Waals surface area contributed by atoms with Crippen LogP contribution in [0.5, 0.6) is 0 Å². The van der Waals surface area contributed by atoms with Gasteiger partial charge in [0.15, 0.2) is 0 Å². The van der Waals surface area contributed by atoms with Gasteiger partial charge in [-0.05, 0) is 78.6 Å². The van der Waals surface area contributed by atoms with Crippen molar-refractivity contribution in [1.29, 1.82) is 10.5 Å². The molecule has 3 unspecified atom stereocenters. The van der Waals surface area contributed by atoms with Crippen LogP contribution in [0.15, 0.2) is 115 Å². The van der Waals surface area contributed by atoms with E-state index in [0.717, 1.165) is 39.5 Å². The van der Waals surface area contributed by atoms with Gasteiger partial charge in [0.1, 0.15) is 5.82 Å². The second kappa shape index (κ2) is 9.44. The fraction of sp³-hybridized carbons (Fsp3) is 0.132. The number of hydrogen-bond donors (Lipinski definition) is 0. The number of fused-ring (bicyclic) bond motifs is 6. The lowest BCUT2D eigenvalue weighted by Crippen LogP contribution is -2.39.